The minimum Gasteiger partial charge on any atom is -0.478 e. The van der Waals surface area contributed by atoms with E-state index in [4.69, 9.17) is 4.74 Å². The van der Waals surface area contributed by atoms with Crippen molar-refractivity contribution in [2.45, 2.75) is 26.9 Å². The van der Waals surface area contributed by atoms with Crippen LogP contribution in [-0.4, -0.2) is 22.7 Å². The normalized spacial score (nSPS) is 14.9. The van der Waals surface area contributed by atoms with Crippen molar-refractivity contribution in [2.24, 2.45) is 11.0 Å². The summed E-state index contributed by atoms with van der Waals surface area (Å²) < 4.78 is 46.5. The molecule has 1 aliphatic heterocycles. The number of hydrazone groups is 1. The van der Waals surface area contributed by atoms with Crippen molar-refractivity contribution in [3.05, 3.63) is 94.6 Å². The number of carboxylic acids is 1. The first kappa shape index (κ1) is 25.7. The number of amides is 1. The quantitative estimate of drug-likeness (QED) is 0.366. The summed E-state index contributed by atoms with van der Waals surface area (Å²) in [4.78, 5) is 24.8. The van der Waals surface area contributed by atoms with E-state index < -0.39 is 23.6 Å². The van der Waals surface area contributed by atoms with Crippen LogP contribution in [0, 0.1) is 12.8 Å². The maximum absolute atomic E-state index is 13.5. The highest BCUT2D eigenvalue weighted by Gasteiger charge is 2.34. The smallest absolute Gasteiger partial charge is 0.416 e. The van der Waals surface area contributed by atoms with Crippen molar-refractivity contribution in [1.82, 2.24) is 0 Å². The van der Waals surface area contributed by atoms with Crippen LogP contribution in [-0.2, 0) is 11.0 Å². The van der Waals surface area contributed by atoms with Crippen LogP contribution in [0.3, 0.4) is 0 Å². The second-order valence-electron chi connectivity index (χ2n) is 8.84. The van der Waals surface area contributed by atoms with Crippen LogP contribution < -0.4 is 9.75 Å². The molecule has 9 heteroatoms. The van der Waals surface area contributed by atoms with Crippen LogP contribution in [0.5, 0.6) is 11.5 Å². The Morgan fingerprint density at radius 2 is 1.76 bits per heavy atom. The number of carboxylic acid groups (broad SMARTS) is 1. The molecular weight excluding hydrogens is 485 g/mol. The van der Waals surface area contributed by atoms with E-state index in [2.05, 4.69) is 5.10 Å². The SMILES string of the molecule is Cc1ccc(Oc2ccc(C(F)(F)F)cc2/C=C2\C(=O)N(c3cccc(C(=O)O)c3)N=C2C(C)C)cc1. The summed E-state index contributed by atoms with van der Waals surface area (Å²) >= 11 is 0. The Hall–Kier alpha value is -4.40. The monoisotopic (exact) mass is 508 g/mol. The molecule has 3 aromatic rings. The highest BCUT2D eigenvalue weighted by Crippen LogP contribution is 2.37. The molecule has 0 aliphatic carbocycles. The summed E-state index contributed by atoms with van der Waals surface area (Å²) in [7, 11) is 0. The van der Waals surface area contributed by atoms with E-state index in [0.29, 0.717) is 11.5 Å². The van der Waals surface area contributed by atoms with Gasteiger partial charge in [0.25, 0.3) is 5.91 Å². The zero-order valence-corrected chi connectivity index (χ0v) is 20.2. The molecule has 0 saturated carbocycles. The topological polar surface area (TPSA) is 79.2 Å². The van der Waals surface area contributed by atoms with E-state index in [1.54, 1.807) is 26.0 Å². The summed E-state index contributed by atoms with van der Waals surface area (Å²) in [6, 6.07) is 15.8. The summed E-state index contributed by atoms with van der Waals surface area (Å²) in [5, 5.41) is 14.8. The van der Waals surface area contributed by atoms with Gasteiger partial charge >= 0.3 is 12.1 Å². The van der Waals surface area contributed by atoms with Crippen molar-refractivity contribution in [2.75, 3.05) is 5.01 Å². The number of benzene rings is 3. The van der Waals surface area contributed by atoms with E-state index in [0.717, 1.165) is 22.7 Å². The number of alkyl halides is 3. The molecule has 0 saturated heterocycles. The fourth-order valence-corrected chi connectivity index (χ4v) is 3.76. The van der Waals surface area contributed by atoms with Gasteiger partial charge in [-0.15, -0.1) is 0 Å². The second kappa shape index (κ2) is 9.93. The average molecular weight is 508 g/mol. The number of nitrogens with zero attached hydrogens (tertiary/aromatic N) is 2. The Morgan fingerprint density at radius 1 is 1.05 bits per heavy atom. The third-order valence-corrected chi connectivity index (χ3v) is 5.68. The summed E-state index contributed by atoms with van der Waals surface area (Å²) in [5.74, 6) is -1.46. The van der Waals surface area contributed by atoms with Crippen LogP contribution in [0.25, 0.3) is 6.08 Å². The number of ether oxygens (including phenoxy) is 1. The highest BCUT2D eigenvalue weighted by atomic mass is 19.4. The third-order valence-electron chi connectivity index (χ3n) is 5.68. The molecule has 0 bridgehead atoms. The number of hydrogen-bond acceptors (Lipinski definition) is 4. The van der Waals surface area contributed by atoms with Gasteiger partial charge in [-0.2, -0.15) is 23.3 Å². The molecule has 37 heavy (non-hydrogen) atoms. The molecule has 0 spiro atoms. The minimum atomic E-state index is -4.60. The van der Waals surface area contributed by atoms with E-state index >= 15 is 0 Å². The van der Waals surface area contributed by atoms with Crippen LogP contribution >= 0.6 is 0 Å². The average Bonchev–Trinajstić information content (AvgIpc) is 3.17. The maximum Gasteiger partial charge on any atom is 0.416 e. The zero-order valence-electron chi connectivity index (χ0n) is 20.2. The van der Waals surface area contributed by atoms with Crippen molar-refractivity contribution >= 4 is 29.4 Å². The van der Waals surface area contributed by atoms with Gasteiger partial charge in [0, 0.05) is 5.56 Å². The number of rotatable bonds is 6. The molecule has 0 radical (unpaired) electrons. The van der Waals surface area contributed by atoms with Crippen LogP contribution in [0.4, 0.5) is 18.9 Å². The first-order valence-electron chi connectivity index (χ1n) is 11.4. The summed E-state index contributed by atoms with van der Waals surface area (Å²) in [6.07, 6.45) is -3.27. The molecule has 3 aromatic carbocycles. The molecule has 0 unspecified atom stereocenters. The molecular formula is C28H23F3N2O4. The summed E-state index contributed by atoms with van der Waals surface area (Å²) in [5.41, 5.74) is 0.780. The van der Waals surface area contributed by atoms with Gasteiger partial charge in [-0.3, -0.25) is 4.79 Å². The summed E-state index contributed by atoms with van der Waals surface area (Å²) in [6.45, 7) is 5.49. The molecule has 6 nitrogen and oxygen atoms in total. The Morgan fingerprint density at radius 3 is 2.38 bits per heavy atom. The predicted octanol–water partition coefficient (Wildman–Crippen LogP) is 6.95. The lowest BCUT2D eigenvalue weighted by Gasteiger charge is -2.14. The molecule has 0 fully saturated rings. The highest BCUT2D eigenvalue weighted by molar-refractivity contribution is 6.33. The number of hydrogen-bond donors (Lipinski definition) is 1. The Balaban J connectivity index is 1.81. The van der Waals surface area contributed by atoms with Gasteiger partial charge in [0.2, 0.25) is 0 Å². The zero-order chi connectivity index (χ0) is 26.9. The Bertz CT molecular complexity index is 1420. The van der Waals surface area contributed by atoms with Crippen molar-refractivity contribution in [1.29, 1.82) is 0 Å². The van der Waals surface area contributed by atoms with Gasteiger partial charge in [0.1, 0.15) is 11.5 Å². The lowest BCUT2D eigenvalue weighted by atomic mass is 9.97. The number of carbonyl (C=O) groups excluding carboxylic acids is 1. The van der Waals surface area contributed by atoms with Gasteiger partial charge in [0.05, 0.1) is 28.1 Å². The number of carbonyl (C=O) groups is 2. The van der Waals surface area contributed by atoms with Crippen molar-refractivity contribution in [3.8, 4) is 11.5 Å². The second-order valence-corrected chi connectivity index (χ2v) is 8.84. The molecule has 0 atom stereocenters. The van der Waals surface area contributed by atoms with E-state index in [9.17, 15) is 27.9 Å². The predicted molar refractivity (Wildman–Crippen MR) is 134 cm³/mol. The fourth-order valence-electron chi connectivity index (χ4n) is 3.76. The number of aromatic carboxylic acids is 1. The molecule has 0 aromatic heterocycles. The number of halogens is 3. The largest absolute Gasteiger partial charge is 0.478 e. The number of anilines is 1. The number of aryl methyl sites for hydroxylation is 1. The standard InChI is InChI=1S/C28H23F3N2O4/c1-16(2)25-23(26(34)33(32-25)21-6-4-5-18(14-21)27(35)36)15-19-13-20(28(29,30)31)9-12-24(19)37-22-10-7-17(3)8-11-22/h4-16H,1-3H3,(H,35,36)/b23-15-. The lowest BCUT2D eigenvalue weighted by molar-refractivity contribution is -0.137. The Labute approximate surface area is 211 Å². The Kier molecular flexibility index (Phi) is 6.89. The molecule has 1 amide bonds. The fraction of sp³-hybridized carbons (Fsp3) is 0.179. The van der Waals surface area contributed by atoms with Gasteiger partial charge in [0.15, 0.2) is 0 Å². The first-order chi connectivity index (χ1) is 17.4. The van der Waals surface area contributed by atoms with Gasteiger partial charge in [-0.25, -0.2) is 4.79 Å². The van der Waals surface area contributed by atoms with Crippen LogP contribution in [0.2, 0.25) is 0 Å². The third kappa shape index (κ3) is 5.55. The molecule has 1 N–H and O–H groups in total. The first-order valence-corrected chi connectivity index (χ1v) is 11.4. The van der Waals surface area contributed by atoms with Gasteiger partial charge in [-0.1, -0.05) is 37.6 Å². The van der Waals surface area contributed by atoms with Crippen molar-refractivity contribution < 1.29 is 32.6 Å². The van der Waals surface area contributed by atoms with E-state index in [-0.39, 0.29) is 34.1 Å². The van der Waals surface area contributed by atoms with E-state index in [1.807, 2.05) is 19.1 Å². The van der Waals surface area contributed by atoms with E-state index in [1.165, 1.54) is 36.4 Å². The van der Waals surface area contributed by atoms with Gasteiger partial charge < -0.3 is 9.84 Å². The van der Waals surface area contributed by atoms with Crippen LogP contribution in [0.1, 0.15) is 40.9 Å². The van der Waals surface area contributed by atoms with Crippen molar-refractivity contribution in [3.63, 3.8) is 0 Å². The maximum atomic E-state index is 13.5. The minimum absolute atomic E-state index is 0.0318. The van der Waals surface area contributed by atoms with Gasteiger partial charge in [-0.05, 0) is 67.4 Å². The lowest BCUT2D eigenvalue weighted by Crippen LogP contribution is -2.22. The molecule has 1 aliphatic rings. The molecule has 4 rings (SSSR count). The molecule has 190 valence electrons. The van der Waals surface area contributed by atoms with Crippen LogP contribution in [0.15, 0.2) is 77.4 Å². The molecule has 1 heterocycles.